The highest BCUT2D eigenvalue weighted by atomic mass is 19.1. The average Bonchev–Trinajstić information content (AvgIpc) is 2.87. The van der Waals surface area contributed by atoms with Crippen LogP contribution in [0.2, 0.25) is 0 Å². The molecule has 0 aliphatic carbocycles. The van der Waals surface area contributed by atoms with Crippen LogP contribution < -0.4 is 5.73 Å². The van der Waals surface area contributed by atoms with E-state index in [1.165, 1.54) is 5.56 Å². The molecule has 0 radical (unpaired) electrons. The summed E-state index contributed by atoms with van der Waals surface area (Å²) in [6.07, 6.45) is 6.90. The van der Waals surface area contributed by atoms with Crippen molar-refractivity contribution in [2.24, 2.45) is 0 Å². The van der Waals surface area contributed by atoms with Crippen molar-refractivity contribution in [3.8, 4) is 0 Å². The summed E-state index contributed by atoms with van der Waals surface area (Å²) in [6.45, 7) is 6.52. The number of likely N-dealkylation sites (tertiary alicyclic amines) is 1. The second kappa shape index (κ2) is 8.13. The predicted octanol–water partition coefficient (Wildman–Crippen LogP) is 3.56. The topological polar surface area (TPSA) is 70.8 Å². The number of nitrogens with two attached hydrogens (primary N) is 1. The predicted molar refractivity (Wildman–Crippen MR) is 101 cm³/mol. The molecule has 6 heteroatoms. The van der Waals surface area contributed by atoms with E-state index in [0.717, 1.165) is 74.0 Å². The molecule has 0 saturated carbocycles. The van der Waals surface area contributed by atoms with Crippen molar-refractivity contribution < 1.29 is 4.39 Å². The van der Waals surface area contributed by atoms with Gasteiger partial charge < -0.3 is 10.7 Å². The van der Waals surface area contributed by atoms with Crippen LogP contribution in [0.4, 0.5) is 10.2 Å². The summed E-state index contributed by atoms with van der Waals surface area (Å²) in [6, 6.07) is 0. The van der Waals surface area contributed by atoms with E-state index in [-0.39, 0.29) is 0 Å². The Bertz CT molecular complexity index is 705. The Kier molecular flexibility index (Phi) is 5.89. The number of nitrogen functional groups attached to an aromatic ring is 1. The molecule has 25 heavy (non-hydrogen) atoms. The number of alkyl halides is 1. The van der Waals surface area contributed by atoms with Crippen molar-refractivity contribution in [3.05, 3.63) is 17.1 Å². The molecule has 1 fully saturated rings. The number of fused-ring (bicyclic) bond motifs is 1. The SMILES string of the molecule is CCCCc1nc(N)c2[nH]c(C)c(CCCCCN3CC(F)C3)c2n1. The zero-order valence-corrected chi connectivity index (χ0v) is 15.4. The van der Waals surface area contributed by atoms with Gasteiger partial charge >= 0.3 is 0 Å². The Morgan fingerprint density at radius 2 is 1.96 bits per heavy atom. The lowest BCUT2D eigenvalue weighted by Gasteiger charge is -2.34. The Morgan fingerprint density at radius 3 is 2.68 bits per heavy atom. The fourth-order valence-electron chi connectivity index (χ4n) is 3.56. The minimum Gasteiger partial charge on any atom is -0.382 e. The van der Waals surface area contributed by atoms with Gasteiger partial charge in [0.1, 0.15) is 17.5 Å². The molecule has 5 nitrogen and oxygen atoms in total. The average molecular weight is 347 g/mol. The van der Waals surface area contributed by atoms with Crippen LogP contribution in [0.1, 0.15) is 56.1 Å². The van der Waals surface area contributed by atoms with Gasteiger partial charge in [0.2, 0.25) is 0 Å². The maximum atomic E-state index is 12.8. The van der Waals surface area contributed by atoms with E-state index in [1.54, 1.807) is 0 Å². The molecule has 2 aromatic heterocycles. The Labute approximate surface area is 149 Å². The normalized spacial score (nSPS) is 15.8. The van der Waals surface area contributed by atoms with Crippen LogP contribution in [0.5, 0.6) is 0 Å². The smallest absolute Gasteiger partial charge is 0.151 e. The number of aryl methyl sites for hydroxylation is 3. The lowest BCUT2D eigenvalue weighted by molar-refractivity contribution is 0.0643. The summed E-state index contributed by atoms with van der Waals surface area (Å²) >= 11 is 0. The second-order valence-electron chi connectivity index (χ2n) is 7.25. The second-order valence-corrected chi connectivity index (χ2v) is 7.25. The van der Waals surface area contributed by atoms with Gasteiger partial charge in [-0.3, -0.25) is 4.90 Å². The molecule has 138 valence electrons. The largest absolute Gasteiger partial charge is 0.382 e. The molecule has 0 unspecified atom stereocenters. The van der Waals surface area contributed by atoms with E-state index in [9.17, 15) is 4.39 Å². The van der Waals surface area contributed by atoms with Gasteiger partial charge in [-0.15, -0.1) is 0 Å². The zero-order chi connectivity index (χ0) is 17.8. The van der Waals surface area contributed by atoms with Crippen molar-refractivity contribution in [1.82, 2.24) is 19.9 Å². The highest BCUT2D eigenvalue weighted by Crippen LogP contribution is 2.26. The van der Waals surface area contributed by atoms with Gasteiger partial charge in [0.15, 0.2) is 5.82 Å². The summed E-state index contributed by atoms with van der Waals surface area (Å²) in [5.74, 6) is 1.41. The maximum absolute atomic E-state index is 12.8. The highest BCUT2D eigenvalue weighted by molar-refractivity contribution is 5.88. The number of aromatic nitrogens is 3. The number of rotatable bonds is 9. The van der Waals surface area contributed by atoms with Gasteiger partial charge in [0, 0.05) is 25.2 Å². The van der Waals surface area contributed by atoms with E-state index in [4.69, 9.17) is 10.7 Å². The summed E-state index contributed by atoms with van der Waals surface area (Å²) in [7, 11) is 0. The van der Waals surface area contributed by atoms with Crippen molar-refractivity contribution in [3.63, 3.8) is 0 Å². The molecule has 0 amide bonds. The van der Waals surface area contributed by atoms with Gasteiger partial charge in [-0.1, -0.05) is 19.8 Å². The Hall–Kier alpha value is -1.69. The number of unbranched alkanes of at least 4 members (excludes halogenated alkanes) is 3. The molecule has 1 saturated heterocycles. The van der Waals surface area contributed by atoms with Crippen molar-refractivity contribution in [1.29, 1.82) is 0 Å². The third-order valence-corrected chi connectivity index (χ3v) is 5.10. The first-order valence-corrected chi connectivity index (χ1v) is 9.58. The van der Waals surface area contributed by atoms with E-state index in [1.807, 2.05) is 0 Å². The highest BCUT2D eigenvalue weighted by Gasteiger charge is 2.24. The van der Waals surface area contributed by atoms with Crippen LogP contribution in [0.3, 0.4) is 0 Å². The Balaban J connectivity index is 1.59. The van der Waals surface area contributed by atoms with E-state index < -0.39 is 6.17 Å². The minimum atomic E-state index is -0.596. The van der Waals surface area contributed by atoms with Crippen molar-refractivity contribution in [2.45, 2.75) is 65.0 Å². The molecule has 1 aliphatic rings. The van der Waals surface area contributed by atoms with Gasteiger partial charge in [-0.05, 0) is 44.7 Å². The zero-order valence-electron chi connectivity index (χ0n) is 15.4. The number of aromatic amines is 1. The molecule has 1 aliphatic heterocycles. The van der Waals surface area contributed by atoms with E-state index in [0.29, 0.717) is 18.9 Å². The maximum Gasteiger partial charge on any atom is 0.151 e. The quantitative estimate of drug-likeness (QED) is 0.681. The fraction of sp³-hybridized carbons (Fsp3) is 0.684. The number of hydrogen-bond donors (Lipinski definition) is 2. The Morgan fingerprint density at radius 1 is 1.16 bits per heavy atom. The monoisotopic (exact) mass is 347 g/mol. The fourth-order valence-corrected chi connectivity index (χ4v) is 3.56. The minimum absolute atomic E-state index is 0.559. The summed E-state index contributed by atoms with van der Waals surface area (Å²) in [4.78, 5) is 14.8. The van der Waals surface area contributed by atoms with Gasteiger partial charge in [0.25, 0.3) is 0 Å². The number of nitrogens with one attached hydrogen (secondary N) is 1. The molecule has 0 spiro atoms. The van der Waals surface area contributed by atoms with Gasteiger partial charge in [0.05, 0.1) is 5.52 Å². The van der Waals surface area contributed by atoms with Crippen LogP contribution in [0.25, 0.3) is 11.0 Å². The third kappa shape index (κ3) is 4.29. The van der Waals surface area contributed by atoms with Crippen molar-refractivity contribution in [2.75, 3.05) is 25.4 Å². The summed E-state index contributed by atoms with van der Waals surface area (Å²) < 4.78 is 12.8. The molecule has 0 aromatic carbocycles. The van der Waals surface area contributed by atoms with Crippen LogP contribution in [-0.4, -0.2) is 45.7 Å². The molecule has 0 bridgehead atoms. The molecule has 3 heterocycles. The number of H-pyrrole nitrogens is 1. The molecular formula is C19H30FN5. The van der Waals surface area contributed by atoms with Gasteiger partial charge in [-0.25, -0.2) is 14.4 Å². The molecular weight excluding hydrogens is 317 g/mol. The van der Waals surface area contributed by atoms with Crippen LogP contribution >= 0.6 is 0 Å². The third-order valence-electron chi connectivity index (χ3n) is 5.10. The molecule has 3 rings (SSSR count). The standard InChI is InChI=1S/C19H30FN5/c1-3-4-9-16-23-17-15(13(2)22-18(17)19(21)24-16)8-6-5-7-10-25-11-14(20)12-25/h14,22H,3-12H2,1-2H3,(H2,21,23,24). The molecule has 0 atom stereocenters. The first-order chi connectivity index (χ1) is 12.1. The lowest BCUT2D eigenvalue weighted by atomic mass is 10.1. The van der Waals surface area contributed by atoms with Crippen LogP contribution in [0.15, 0.2) is 0 Å². The number of halogens is 1. The number of nitrogens with zero attached hydrogens (tertiary/aromatic N) is 3. The van der Waals surface area contributed by atoms with E-state index in [2.05, 4.69) is 28.7 Å². The number of hydrogen-bond acceptors (Lipinski definition) is 4. The molecule has 3 N–H and O–H groups in total. The van der Waals surface area contributed by atoms with Crippen LogP contribution in [-0.2, 0) is 12.8 Å². The summed E-state index contributed by atoms with van der Waals surface area (Å²) in [5, 5.41) is 0. The first-order valence-electron chi connectivity index (χ1n) is 9.58. The first kappa shape index (κ1) is 18.1. The van der Waals surface area contributed by atoms with Crippen LogP contribution in [0, 0.1) is 6.92 Å². The molecule has 2 aromatic rings. The van der Waals surface area contributed by atoms with Gasteiger partial charge in [-0.2, -0.15) is 0 Å². The van der Waals surface area contributed by atoms with E-state index >= 15 is 0 Å². The van der Waals surface area contributed by atoms with Crippen molar-refractivity contribution >= 4 is 16.9 Å². The summed E-state index contributed by atoms with van der Waals surface area (Å²) in [5.41, 5.74) is 10.4. The number of anilines is 1. The lowest BCUT2D eigenvalue weighted by Crippen LogP contribution is -2.48.